The standard InChI is InChI=1S/C20H31NO5Si/c1-19(2,3)25-18(24)21-15-12-14(26-27(7,8)20(4,5)6)10-9-13(15)11-16(21)17(22)23/h9-10,12,16H,11H2,1-8H3,(H,22,23). The predicted molar refractivity (Wildman–Crippen MR) is 108 cm³/mol. The van der Waals surface area contributed by atoms with Gasteiger partial charge in [-0.05, 0) is 50.5 Å². The maximum Gasteiger partial charge on any atom is 0.415 e. The molecule has 1 heterocycles. The molecule has 1 N–H and O–H groups in total. The number of carbonyl (C=O) groups is 2. The van der Waals surface area contributed by atoms with Crippen LogP contribution in [-0.2, 0) is 16.0 Å². The number of benzene rings is 1. The van der Waals surface area contributed by atoms with Crippen molar-refractivity contribution < 1.29 is 23.9 Å². The second-order valence-corrected chi connectivity index (χ2v) is 14.3. The first-order valence-corrected chi connectivity index (χ1v) is 12.1. The summed E-state index contributed by atoms with van der Waals surface area (Å²) in [5.74, 6) is -0.399. The van der Waals surface area contributed by atoms with Crippen molar-refractivity contribution in [1.29, 1.82) is 0 Å². The molecular formula is C20H31NO5Si. The number of aliphatic carboxylic acids is 1. The molecule has 0 aromatic heterocycles. The first-order chi connectivity index (χ1) is 12.1. The number of carboxylic acids is 1. The van der Waals surface area contributed by atoms with Crippen LogP contribution < -0.4 is 9.33 Å². The van der Waals surface area contributed by atoms with Gasteiger partial charge in [0, 0.05) is 12.5 Å². The highest BCUT2D eigenvalue weighted by atomic mass is 28.4. The minimum atomic E-state index is -2.06. The van der Waals surface area contributed by atoms with Crippen molar-refractivity contribution in [2.45, 2.75) is 77.7 Å². The average molecular weight is 394 g/mol. The molecule has 6 nitrogen and oxygen atoms in total. The van der Waals surface area contributed by atoms with Gasteiger partial charge in [0.2, 0.25) is 8.32 Å². The number of hydrogen-bond donors (Lipinski definition) is 1. The van der Waals surface area contributed by atoms with Gasteiger partial charge in [-0.2, -0.15) is 0 Å². The third-order valence-electron chi connectivity index (χ3n) is 5.10. The van der Waals surface area contributed by atoms with Crippen molar-refractivity contribution in [3.05, 3.63) is 23.8 Å². The summed E-state index contributed by atoms with van der Waals surface area (Å²) in [6.07, 6.45) is -0.400. The van der Waals surface area contributed by atoms with Crippen LogP contribution >= 0.6 is 0 Å². The number of carbonyl (C=O) groups excluding carboxylic acids is 1. The minimum Gasteiger partial charge on any atom is -0.543 e. The SMILES string of the molecule is CC(C)(C)OC(=O)N1c2cc(O[Si](C)(C)C(C)(C)C)ccc2CC1C(=O)O. The van der Waals surface area contributed by atoms with Crippen LogP contribution in [0.3, 0.4) is 0 Å². The molecule has 0 radical (unpaired) electrons. The lowest BCUT2D eigenvalue weighted by Gasteiger charge is -2.36. The van der Waals surface area contributed by atoms with E-state index < -0.39 is 32.0 Å². The predicted octanol–water partition coefficient (Wildman–Crippen LogP) is 4.82. The summed E-state index contributed by atoms with van der Waals surface area (Å²) in [6.45, 7) is 16.0. The van der Waals surface area contributed by atoms with Crippen LogP contribution in [0.25, 0.3) is 0 Å². The molecule has 1 atom stereocenters. The number of hydrogen-bond acceptors (Lipinski definition) is 4. The maximum atomic E-state index is 12.7. The summed E-state index contributed by atoms with van der Waals surface area (Å²) < 4.78 is 11.8. The smallest absolute Gasteiger partial charge is 0.415 e. The number of nitrogens with zero attached hydrogens (tertiary/aromatic N) is 1. The van der Waals surface area contributed by atoms with E-state index in [0.717, 1.165) is 5.56 Å². The van der Waals surface area contributed by atoms with Crippen molar-refractivity contribution in [3.63, 3.8) is 0 Å². The van der Waals surface area contributed by atoms with Crippen LogP contribution in [0.4, 0.5) is 10.5 Å². The highest BCUT2D eigenvalue weighted by molar-refractivity contribution is 6.74. The Hall–Kier alpha value is -2.02. The van der Waals surface area contributed by atoms with Crippen LogP contribution in [-0.4, -0.2) is 37.1 Å². The summed E-state index contributed by atoms with van der Waals surface area (Å²) in [5.41, 5.74) is 0.640. The van der Waals surface area contributed by atoms with Crippen LogP contribution in [0, 0.1) is 0 Å². The quantitative estimate of drug-likeness (QED) is 0.745. The van der Waals surface area contributed by atoms with E-state index in [1.807, 2.05) is 12.1 Å². The van der Waals surface area contributed by atoms with Crippen molar-refractivity contribution >= 4 is 26.1 Å². The number of anilines is 1. The zero-order chi connectivity index (χ0) is 20.8. The summed E-state index contributed by atoms with van der Waals surface area (Å²) in [4.78, 5) is 25.7. The average Bonchev–Trinajstić information content (AvgIpc) is 2.82. The molecule has 0 spiro atoms. The van der Waals surface area contributed by atoms with E-state index in [9.17, 15) is 14.7 Å². The Balaban J connectivity index is 2.40. The number of carboxylic acid groups (broad SMARTS) is 1. The number of rotatable bonds is 3. The van der Waals surface area contributed by atoms with Crippen molar-refractivity contribution in [3.8, 4) is 5.75 Å². The van der Waals surface area contributed by atoms with E-state index in [4.69, 9.17) is 9.16 Å². The Labute approximate surface area is 162 Å². The molecule has 150 valence electrons. The molecule has 0 fully saturated rings. The lowest BCUT2D eigenvalue weighted by molar-refractivity contribution is -0.138. The molecule has 0 saturated carbocycles. The van der Waals surface area contributed by atoms with Gasteiger partial charge in [0.15, 0.2) is 0 Å². The topological polar surface area (TPSA) is 76.1 Å². The van der Waals surface area contributed by atoms with Gasteiger partial charge in [-0.1, -0.05) is 26.8 Å². The zero-order valence-electron chi connectivity index (χ0n) is 17.5. The molecule has 0 bridgehead atoms. The fourth-order valence-corrected chi connectivity index (χ4v) is 3.68. The largest absolute Gasteiger partial charge is 0.543 e. The van der Waals surface area contributed by atoms with Crippen LogP contribution in [0.1, 0.15) is 47.1 Å². The van der Waals surface area contributed by atoms with Crippen LogP contribution in [0.2, 0.25) is 18.1 Å². The van der Waals surface area contributed by atoms with E-state index in [0.29, 0.717) is 11.4 Å². The van der Waals surface area contributed by atoms with Crippen LogP contribution in [0.15, 0.2) is 18.2 Å². The van der Waals surface area contributed by atoms with E-state index in [1.165, 1.54) is 4.90 Å². The van der Waals surface area contributed by atoms with Gasteiger partial charge in [-0.15, -0.1) is 0 Å². The lowest BCUT2D eigenvalue weighted by Crippen LogP contribution is -2.45. The summed E-state index contributed by atoms with van der Waals surface area (Å²) in [6, 6.07) is 4.50. The molecule has 1 aromatic rings. The molecule has 27 heavy (non-hydrogen) atoms. The minimum absolute atomic E-state index is 0.0282. The van der Waals surface area contributed by atoms with Gasteiger partial charge in [0.25, 0.3) is 0 Å². The van der Waals surface area contributed by atoms with E-state index in [1.54, 1.807) is 26.8 Å². The van der Waals surface area contributed by atoms with Gasteiger partial charge in [-0.25, -0.2) is 9.59 Å². The van der Waals surface area contributed by atoms with E-state index in [-0.39, 0.29) is 11.5 Å². The highest BCUT2D eigenvalue weighted by Crippen LogP contribution is 2.40. The first kappa shape index (κ1) is 21.3. The molecule has 1 unspecified atom stereocenters. The molecule has 0 saturated heterocycles. The maximum absolute atomic E-state index is 12.7. The van der Waals surface area contributed by atoms with Gasteiger partial charge >= 0.3 is 12.1 Å². The lowest BCUT2D eigenvalue weighted by atomic mass is 10.1. The fraction of sp³-hybridized carbons (Fsp3) is 0.600. The Morgan fingerprint density at radius 2 is 1.74 bits per heavy atom. The molecule has 1 aliphatic heterocycles. The Kier molecular flexibility index (Phi) is 5.40. The molecule has 7 heteroatoms. The zero-order valence-corrected chi connectivity index (χ0v) is 18.5. The summed E-state index contributed by atoms with van der Waals surface area (Å²) >= 11 is 0. The molecule has 2 rings (SSSR count). The Morgan fingerprint density at radius 3 is 2.22 bits per heavy atom. The monoisotopic (exact) mass is 393 g/mol. The van der Waals surface area contributed by atoms with Gasteiger partial charge in [0.05, 0.1) is 5.69 Å². The fourth-order valence-electron chi connectivity index (χ4n) is 2.65. The normalized spacial score (nSPS) is 17.5. The Bertz CT molecular complexity index is 746. The highest BCUT2D eigenvalue weighted by Gasteiger charge is 2.42. The molecular weight excluding hydrogens is 362 g/mol. The number of amides is 1. The van der Waals surface area contributed by atoms with Crippen molar-refractivity contribution in [1.82, 2.24) is 0 Å². The molecule has 0 aliphatic carbocycles. The van der Waals surface area contributed by atoms with Gasteiger partial charge < -0.3 is 14.3 Å². The number of ether oxygens (including phenoxy) is 1. The first-order valence-electron chi connectivity index (χ1n) is 9.19. The van der Waals surface area contributed by atoms with E-state index in [2.05, 4.69) is 33.9 Å². The van der Waals surface area contributed by atoms with Crippen molar-refractivity contribution in [2.24, 2.45) is 0 Å². The number of fused-ring (bicyclic) bond motifs is 1. The van der Waals surface area contributed by atoms with Crippen molar-refractivity contribution in [2.75, 3.05) is 4.90 Å². The van der Waals surface area contributed by atoms with Gasteiger partial charge in [0.1, 0.15) is 17.4 Å². The molecule has 1 aromatic carbocycles. The molecule has 1 amide bonds. The summed E-state index contributed by atoms with van der Waals surface area (Å²) in [5, 5.41) is 9.62. The Morgan fingerprint density at radius 1 is 1.15 bits per heavy atom. The molecule has 1 aliphatic rings. The third-order valence-corrected chi connectivity index (χ3v) is 9.45. The van der Waals surface area contributed by atoms with Gasteiger partial charge in [-0.3, -0.25) is 4.90 Å². The van der Waals surface area contributed by atoms with E-state index >= 15 is 0 Å². The second kappa shape index (κ2) is 6.85. The summed E-state index contributed by atoms with van der Waals surface area (Å²) in [7, 11) is -2.06. The third kappa shape index (κ3) is 4.64. The second-order valence-electron chi connectivity index (χ2n) is 9.56. The van der Waals surface area contributed by atoms with Crippen LogP contribution in [0.5, 0.6) is 5.75 Å².